The van der Waals surface area contributed by atoms with Crippen LogP contribution in [0.1, 0.15) is 42.4 Å². The van der Waals surface area contributed by atoms with E-state index in [0.717, 1.165) is 42.4 Å². The van der Waals surface area contributed by atoms with Crippen molar-refractivity contribution in [3.63, 3.8) is 0 Å². The van der Waals surface area contributed by atoms with Gasteiger partial charge >= 0.3 is 0 Å². The van der Waals surface area contributed by atoms with Gasteiger partial charge in [-0.3, -0.25) is 9.59 Å². The van der Waals surface area contributed by atoms with Gasteiger partial charge in [0.25, 0.3) is 5.91 Å². The number of ether oxygens (including phenoxy) is 1. The molecule has 3 aromatic rings. The number of carbonyl (C=O) groups is 2. The van der Waals surface area contributed by atoms with Gasteiger partial charge in [-0.25, -0.2) is 4.39 Å². The van der Waals surface area contributed by atoms with E-state index >= 15 is 0 Å². The zero-order valence-electron chi connectivity index (χ0n) is 20.7. The third-order valence-corrected chi connectivity index (χ3v) is 6.75. The van der Waals surface area contributed by atoms with E-state index in [1.165, 1.54) is 24.3 Å². The molecule has 3 aromatic carbocycles. The highest BCUT2D eigenvalue weighted by atomic mass is 19.1. The van der Waals surface area contributed by atoms with Crippen LogP contribution in [0.4, 0.5) is 4.39 Å². The van der Waals surface area contributed by atoms with E-state index in [-0.39, 0.29) is 36.8 Å². The molecule has 0 spiro atoms. The molecule has 1 N–H and O–H groups in total. The van der Waals surface area contributed by atoms with E-state index in [0.29, 0.717) is 12.2 Å². The van der Waals surface area contributed by atoms with E-state index in [1.54, 1.807) is 4.90 Å². The Morgan fingerprint density at radius 3 is 2.33 bits per heavy atom. The molecule has 0 radical (unpaired) electrons. The second kappa shape index (κ2) is 12.3. The molecular formula is C30H33FN2O3. The quantitative estimate of drug-likeness (QED) is 0.426. The maximum atomic E-state index is 13.6. The van der Waals surface area contributed by atoms with Crippen molar-refractivity contribution >= 4 is 11.8 Å². The number of halogens is 1. The topological polar surface area (TPSA) is 58.6 Å². The summed E-state index contributed by atoms with van der Waals surface area (Å²) in [7, 11) is 0. The minimum Gasteiger partial charge on any atom is -0.484 e. The summed E-state index contributed by atoms with van der Waals surface area (Å²) in [6.07, 6.45) is 4.53. The van der Waals surface area contributed by atoms with Gasteiger partial charge in [0, 0.05) is 19.0 Å². The molecule has 1 aliphatic carbocycles. The number of rotatable bonds is 10. The summed E-state index contributed by atoms with van der Waals surface area (Å²) in [6, 6.07) is 22.6. The van der Waals surface area contributed by atoms with Gasteiger partial charge in [-0.15, -0.1) is 0 Å². The van der Waals surface area contributed by atoms with Crippen molar-refractivity contribution < 1.29 is 18.7 Å². The Morgan fingerprint density at radius 2 is 1.64 bits per heavy atom. The van der Waals surface area contributed by atoms with E-state index in [1.807, 2.05) is 61.5 Å². The smallest absolute Gasteiger partial charge is 0.261 e. The molecule has 0 unspecified atom stereocenters. The first-order valence-corrected chi connectivity index (χ1v) is 12.6. The summed E-state index contributed by atoms with van der Waals surface area (Å²) in [5, 5.41) is 3.20. The minimum absolute atomic E-state index is 0.140. The van der Waals surface area contributed by atoms with E-state index < -0.39 is 6.04 Å². The fourth-order valence-corrected chi connectivity index (χ4v) is 4.65. The third-order valence-electron chi connectivity index (χ3n) is 6.75. The predicted octanol–water partition coefficient (Wildman–Crippen LogP) is 5.21. The first-order valence-electron chi connectivity index (χ1n) is 12.6. The van der Waals surface area contributed by atoms with Crippen LogP contribution in [0.5, 0.6) is 5.75 Å². The van der Waals surface area contributed by atoms with Crippen LogP contribution in [0.25, 0.3) is 0 Å². The van der Waals surface area contributed by atoms with Gasteiger partial charge in [-0.2, -0.15) is 0 Å². The molecule has 0 aromatic heterocycles. The van der Waals surface area contributed by atoms with Gasteiger partial charge in [0.2, 0.25) is 5.91 Å². The largest absolute Gasteiger partial charge is 0.484 e. The molecule has 0 aliphatic heterocycles. The number of amides is 2. The van der Waals surface area contributed by atoms with Crippen LogP contribution < -0.4 is 10.1 Å². The summed E-state index contributed by atoms with van der Waals surface area (Å²) in [5.74, 6) is -0.420. The zero-order chi connectivity index (χ0) is 25.3. The SMILES string of the molecule is Cc1ccccc1CN(C(=O)COc1ccc(F)cc1)[C@@H](Cc1ccccc1)C(=O)NC1CCCC1. The number of hydrogen-bond acceptors (Lipinski definition) is 3. The summed E-state index contributed by atoms with van der Waals surface area (Å²) < 4.78 is 19.0. The van der Waals surface area contributed by atoms with Crippen molar-refractivity contribution in [2.75, 3.05) is 6.61 Å². The first-order chi connectivity index (χ1) is 17.5. The standard InChI is InChI=1S/C30H33FN2O3/c1-22-9-5-6-12-24(22)20-33(29(34)21-36-27-17-15-25(31)16-18-27)28(19-23-10-3-2-4-11-23)30(35)32-26-13-7-8-14-26/h2-6,9-12,15-18,26,28H,7-8,13-14,19-21H2,1H3,(H,32,35)/t28-/m0/s1. The van der Waals surface area contributed by atoms with Gasteiger partial charge in [0.1, 0.15) is 17.6 Å². The molecule has 1 aliphatic rings. The van der Waals surface area contributed by atoms with E-state index in [2.05, 4.69) is 5.32 Å². The Morgan fingerprint density at radius 1 is 0.972 bits per heavy atom. The van der Waals surface area contributed by atoms with Crippen LogP contribution in [0, 0.1) is 12.7 Å². The molecule has 4 rings (SSSR count). The lowest BCUT2D eigenvalue weighted by molar-refractivity contribution is -0.143. The number of aryl methyl sites for hydroxylation is 1. The number of nitrogens with zero attached hydrogens (tertiary/aromatic N) is 1. The Kier molecular flexibility index (Phi) is 8.71. The summed E-state index contributed by atoms with van der Waals surface area (Å²) in [5.41, 5.74) is 3.00. The van der Waals surface area contributed by atoms with Crippen LogP contribution in [0.15, 0.2) is 78.9 Å². The Bertz CT molecular complexity index is 1140. The fourth-order valence-electron chi connectivity index (χ4n) is 4.65. The average Bonchev–Trinajstić information content (AvgIpc) is 3.40. The highest BCUT2D eigenvalue weighted by Crippen LogP contribution is 2.21. The van der Waals surface area contributed by atoms with E-state index in [4.69, 9.17) is 4.74 Å². The predicted molar refractivity (Wildman–Crippen MR) is 138 cm³/mol. The second-order valence-corrected chi connectivity index (χ2v) is 9.39. The minimum atomic E-state index is -0.697. The van der Waals surface area contributed by atoms with Crippen molar-refractivity contribution in [2.45, 2.75) is 57.7 Å². The van der Waals surface area contributed by atoms with Crippen LogP contribution in [0.2, 0.25) is 0 Å². The highest BCUT2D eigenvalue weighted by molar-refractivity contribution is 5.88. The molecule has 0 bridgehead atoms. The van der Waals surface area contributed by atoms with Crippen LogP contribution >= 0.6 is 0 Å². The summed E-state index contributed by atoms with van der Waals surface area (Å²) >= 11 is 0. The Balaban J connectivity index is 1.61. The molecular weight excluding hydrogens is 455 g/mol. The van der Waals surface area contributed by atoms with Crippen molar-refractivity contribution in [1.82, 2.24) is 10.2 Å². The number of nitrogens with one attached hydrogen (secondary N) is 1. The molecule has 1 fully saturated rings. The lowest BCUT2D eigenvalue weighted by Crippen LogP contribution is -2.53. The summed E-state index contributed by atoms with van der Waals surface area (Å²) in [6.45, 7) is 2.03. The van der Waals surface area contributed by atoms with Crippen molar-refractivity contribution in [1.29, 1.82) is 0 Å². The van der Waals surface area contributed by atoms with Gasteiger partial charge in [-0.05, 0) is 60.7 Å². The maximum Gasteiger partial charge on any atom is 0.261 e. The molecule has 6 heteroatoms. The average molecular weight is 489 g/mol. The molecule has 0 heterocycles. The normalized spacial score (nSPS) is 14.3. The fraction of sp³-hybridized carbons (Fsp3) is 0.333. The second-order valence-electron chi connectivity index (χ2n) is 9.39. The maximum absolute atomic E-state index is 13.6. The zero-order valence-corrected chi connectivity index (χ0v) is 20.7. The Labute approximate surface area is 212 Å². The molecule has 36 heavy (non-hydrogen) atoms. The Hall–Kier alpha value is -3.67. The van der Waals surface area contributed by atoms with Crippen molar-refractivity contribution in [2.24, 2.45) is 0 Å². The first kappa shape index (κ1) is 25.4. The molecule has 1 saturated carbocycles. The molecule has 1 atom stereocenters. The van der Waals surface area contributed by atoms with Crippen molar-refractivity contribution in [3.8, 4) is 5.75 Å². The van der Waals surface area contributed by atoms with Crippen molar-refractivity contribution in [3.05, 3.63) is 101 Å². The number of benzene rings is 3. The molecule has 5 nitrogen and oxygen atoms in total. The van der Waals surface area contributed by atoms with Crippen LogP contribution in [0.3, 0.4) is 0 Å². The monoisotopic (exact) mass is 488 g/mol. The van der Waals surface area contributed by atoms with Gasteiger partial charge in [-0.1, -0.05) is 67.4 Å². The van der Waals surface area contributed by atoms with Gasteiger partial charge < -0.3 is 15.0 Å². The number of carbonyl (C=O) groups excluding carboxylic acids is 2. The lowest BCUT2D eigenvalue weighted by atomic mass is 10.0. The highest BCUT2D eigenvalue weighted by Gasteiger charge is 2.32. The van der Waals surface area contributed by atoms with Crippen LogP contribution in [-0.4, -0.2) is 35.4 Å². The molecule has 0 saturated heterocycles. The molecule has 2 amide bonds. The van der Waals surface area contributed by atoms with Gasteiger partial charge in [0.15, 0.2) is 6.61 Å². The van der Waals surface area contributed by atoms with Crippen LogP contribution in [-0.2, 0) is 22.6 Å². The lowest BCUT2D eigenvalue weighted by Gasteiger charge is -2.32. The van der Waals surface area contributed by atoms with E-state index in [9.17, 15) is 14.0 Å². The van der Waals surface area contributed by atoms with Gasteiger partial charge in [0.05, 0.1) is 0 Å². The molecule has 188 valence electrons. The third kappa shape index (κ3) is 6.94. The number of hydrogen-bond donors (Lipinski definition) is 1. The summed E-state index contributed by atoms with van der Waals surface area (Å²) in [4.78, 5) is 28.9.